The molecule has 1 N–H and O–H groups in total. The molecule has 0 radical (unpaired) electrons. The van der Waals surface area contributed by atoms with Gasteiger partial charge in [0.25, 0.3) is 0 Å². The third-order valence-electron chi connectivity index (χ3n) is 5.59. The molecule has 1 aliphatic carbocycles. The number of carbonyl (C=O) groups is 2. The molecule has 0 aromatic heterocycles. The van der Waals surface area contributed by atoms with E-state index in [0.29, 0.717) is 22.8 Å². The average molecular weight is 443 g/mol. The minimum atomic E-state index is -0.874. The molecular formula is C24H23ClO6. The zero-order valence-corrected chi connectivity index (χ0v) is 17.5. The van der Waals surface area contributed by atoms with Crippen LogP contribution in [0.2, 0.25) is 5.02 Å². The van der Waals surface area contributed by atoms with Crippen molar-refractivity contribution in [3.63, 3.8) is 0 Å². The molecule has 2 fully saturated rings. The predicted octanol–water partition coefficient (Wildman–Crippen LogP) is 3.81. The third kappa shape index (κ3) is 5.27. The van der Waals surface area contributed by atoms with Crippen molar-refractivity contribution in [3.05, 3.63) is 77.3 Å². The number of ether oxygens (including phenoxy) is 3. The average Bonchev–Trinajstić information content (AvgIpc) is 3.27. The van der Waals surface area contributed by atoms with Gasteiger partial charge >= 0.3 is 11.9 Å². The van der Waals surface area contributed by atoms with Gasteiger partial charge in [-0.25, -0.2) is 4.79 Å². The summed E-state index contributed by atoms with van der Waals surface area (Å²) in [5.41, 5.74) is 0.467. The van der Waals surface area contributed by atoms with Gasteiger partial charge in [0.15, 0.2) is 0 Å². The molecule has 31 heavy (non-hydrogen) atoms. The lowest BCUT2D eigenvalue weighted by Crippen LogP contribution is -2.25. The van der Waals surface area contributed by atoms with Gasteiger partial charge in [0.05, 0.1) is 12.0 Å². The van der Waals surface area contributed by atoms with E-state index in [4.69, 9.17) is 25.8 Å². The number of aliphatic hydroxyl groups excluding tert-OH is 1. The summed E-state index contributed by atoms with van der Waals surface area (Å²) in [4.78, 5) is 24.3. The molecule has 6 nitrogen and oxygen atoms in total. The van der Waals surface area contributed by atoms with Gasteiger partial charge in [-0.15, -0.1) is 0 Å². The van der Waals surface area contributed by atoms with Crippen LogP contribution in [0.15, 0.2) is 66.7 Å². The van der Waals surface area contributed by atoms with E-state index in [9.17, 15) is 14.7 Å². The number of benzene rings is 2. The smallest absolute Gasteiger partial charge is 0.338 e. The molecule has 1 saturated carbocycles. The molecular weight excluding hydrogens is 420 g/mol. The second-order valence-electron chi connectivity index (χ2n) is 7.74. The number of rotatable bonds is 7. The Bertz CT molecular complexity index is 960. The molecule has 0 spiro atoms. The Kier molecular flexibility index (Phi) is 6.59. The zero-order valence-electron chi connectivity index (χ0n) is 16.7. The molecule has 4 rings (SSSR count). The first kappa shape index (κ1) is 21.4. The van der Waals surface area contributed by atoms with Crippen molar-refractivity contribution in [1.29, 1.82) is 0 Å². The van der Waals surface area contributed by atoms with Crippen molar-refractivity contribution >= 4 is 23.5 Å². The van der Waals surface area contributed by atoms with Crippen LogP contribution in [0, 0.1) is 11.8 Å². The van der Waals surface area contributed by atoms with Crippen molar-refractivity contribution < 1.29 is 28.9 Å². The highest BCUT2D eigenvalue weighted by Gasteiger charge is 2.50. The molecule has 2 aromatic rings. The standard InChI is InChI=1S/C24H23ClO6/c25-16-7-4-8-18(11-16)29-14-17(26)9-10-19-20-12-23(27)30-22(20)13-21(19)31-24(28)15-5-2-1-3-6-15/h1-11,17,19-22,26H,12-14H2/b10-9+/t17-,19-,20-,21-,22+/m1/s1. The molecule has 7 heteroatoms. The van der Waals surface area contributed by atoms with Gasteiger partial charge in [-0.3, -0.25) is 4.79 Å². The van der Waals surface area contributed by atoms with Gasteiger partial charge in [-0.2, -0.15) is 0 Å². The Balaban J connectivity index is 1.41. The summed E-state index contributed by atoms with van der Waals surface area (Å²) in [7, 11) is 0. The Labute approximate surface area is 185 Å². The van der Waals surface area contributed by atoms with Gasteiger partial charge in [0.1, 0.15) is 30.7 Å². The normalized spacial score (nSPS) is 25.8. The van der Waals surface area contributed by atoms with Gasteiger partial charge < -0.3 is 19.3 Å². The van der Waals surface area contributed by atoms with Gasteiger partial charge in [-0.1, -0.05) is 48.0 Å². The fourth-order valence-corrected chi connectivity index (χ4v) is 4.30. The second-order valence-corrected chi connectivity index (χ2v) is 8.18. The molecule has 162 valence electrons. The first-order valence-electron chi connectivity index (χ1n) is 10.2. The first-order valence-corrected chi connectivity index (χ1v) is 10.6. The highest BCUT2D eigenvalue weighted by atomic mass is 35.5. The SMILES string of the molecule is O=C1C[C@@H]2[C@@H](/C=C/[C@@H](O)COc3cccc(Cl)c3)[C@H](OC(=O)c3ccccc3)C[C@@H]2O1. The first-order chi connectivity index (χ1) is 15.0. The third-order valence-corrected chi connectivity index (χ3v) is 5.83. The minimum Gasteiger partial charge on any atom is -0.491 e. The van der Waals surface area contributed by atoms with Crippen LogP contribution in [-0.2, 0) is 14.3 Å². The van der Waals surface area contributed by atoms with E-state index in [-0.39, 0.29) is 36.9 Å². The molecule has 0 unspecified atom stereocenters. The molecule has 1 heterocycles. The van der Waals surface area contributed by atoms with Crippen LogP contribution in [-0.4, -0.2) is 42.0 Å². The lowest BCUT2D eigenvalue weighted by molar-refractivity contribution is -0.141. The van der Waals surface area contributed by atoms with E-state index in [1.807, 2.05) is 12.1 Å². The second kappa shape index (κ2) is 9.54. The van der Waals surface area contributed by atoms with Crippen LogP contribution in [0.25, 0.3) is 0 Å². The van der Waals surface area contributed by atoms with Gasteiger partial charge in [-0.05, 0) is 30.3 Å². The van der Waals surface area contributed by atoms with E-state index >= 15 is 0 Å². The topological polar surface area (TPSA) is 82.1 Å². The van der Waals surface area contributed by atoms with Crippen molar-refractivity contribution in [1.82, 2.24) is 0 Å². The Hall–Kier alpha value is -2.83. The van der Waals surface area contributed by atoms with Crippen molar-refractivity contribution in [2.75, 3.05) is 6.61 Å². The number of carbonyl (C=O) groups excluding carboxylic acids is 2. The summed E-state index contributed by atoms with van der Waals surface area (Å²) in [6.07, 6.45) is 2.55. The summed E-state index contributed by atoms with van der Waals surface area (Å²) in [6.45, 7) is 0.0432. The van der Waals surface area contributed by atoms with Crippen LogP contribution in [0.5, 0.6) is 5.75 Å². The summed E-state index contributed by atoms with van der Waals surface area (Å²) in [5.74, 6) is -0.417. The maximum Gasteiger partial charge on any atom is 0.338 e. The molecule has 1 aliphatic heterocycles. The number of esters is 2. The highest BCUT2D eigenvalue weighted by molar-refractivity contribution is 6.30. The molecule has 5 atom stereocenters. The van der Waals surface area contributed by atoms with Crippen LogP contribution in [0.4, 0.5) is 0 Å². The monoisotopic (exact) mass is 442 g/mol. The lowest BCUT2D eigenvalue weighted by atomic mass is 9.91. The van der Waals surface area contributed by atoms with Gasteiger partial charge in [0, 0.05) is 23.3 Å². The summed E-state index contributed by atoms with van der Waals surface area (Å²) < 4.78 is 16.7. The number of fused-ring (bicyclic) bond motifs is 1. The summed E-state index contributed by atoms with van der Waals surface area (Å²) in [6, 6.07) is 15.7. The Morgan fingerprint density at radius 3 is 2.81 bits per heavy atom. The molecule has 0 amide bonds. The van der Waals surface area contributed by atoms with Gasteiger partial charge in [0.2, 0.25) is 0 Å². The van der Waals surface area contributed by atoms with Crippen LogP contribution < -0.4 is 4.74 Å². The maximum absolute atomic E-state index is 12.5. The number of hydrogen-bond acceptors (Lipinski definition) is 6. The van der Waals surface area contributed by atoms with Crippen LogP contribution in [0.1, 0.15) is 23.2 Å². The molecule has 2 aromatic carbocycles. The number of halogens is 1. The minimum absolute atomic E-state index is 0.0432. The van der Waals surface area contributed by atoms with E-state index in [1.54, 1.807) is 54.6 Å². The van der Waals surface area contributed by atoms with E-state index in [0.717, 1.165) is 0 Å². The fourth-order valence-electron chi connectivity index (χ4n) is 4.12. The Morgan fingerprint density at radius 2 is 2.03 bits per heavy atom. The molecule has 2 aliphatic rings. The highest BCUT2D eigenvalue weighted by Crippen LogP contribution is 2.43. The lowest BCUT2D eigenvalue weighted by Gasteiger charge is -2.20. The Morgan fingerprint density at radius 1 is 1.23 bits per heavy atom. The molecule has 0 bridgehead atoms. The quantitative estimate of drug-likeness (QED) is 0.518. The largest absolute Gasteiger partial charge is 0.491 e. The maximum atomic E-state index is 12.5. The summed E-state index contributed by atoms with van der Waals surface area (Å²) in [5, 5.41) is 10.9. The number of aliphatic hydroxyl groups is 1. The van der Waals surface area contributed by atoms with Crippen molar-refractivity contribution in [2.24, 2.45) is 11.8 Å². The summed E-state index contributed by atoms with van der Waals surface area (Å²) >= 11 is 5.94. The zero-order chi connectivity index (χ0) is 21.8. The predicted molar refractivity (Wildman–Crippen MR) is 114 cm³/mol. The van der Waals surface area contributed by atoms with Crippen LogP contribution in [0.3, 0.4) is 0 Å². The number of hydrogen-bond donors (Lipinski definition) is 1. The van der Waals surface area contributed by atoms with E-state index < -0.39 is 18.2 Å². The van der Waals surface area contributed by atoms with Crippen molar-refractivity contribution in [2.45, 2.75) is 31.2 Å². The molecule has 1 saturated heterocycles. The van der Waals surface area contributed by atoms with Crippen molar-refractivity contribution in [3.8, 4) is 5.75 Å². The van der Waals surface area contributed by atoms with E-state index in [2.05, 4.69) is 0 Å². The van der Waals surface area contributed by atoms with Crippen LogP contribution >= 0.6 is 11.6 Å². The fraction of sp³-hybridized carbons (Fsp3) is 0.333. The van der Waals surface area contributed by atoms with E-state index in [1.165, 1.54) is 0 Å².